The van der Waals surface area contributed by atoms with E-state index in [0.29, 0.717) is 13.1 Å². The number of nitrogens with one attached hydrogen (secondary N) is 2. The predicted molar refractivity (Wildman–Crippen MR) is 97.1 cm³/mol. The van der Waals surface area contributed by atoms with Gasteiger partial charge in [-0.1, -0.05) is 30.3 Å². The smallest absolute Gasteiger partial charge is 0.315 e. The van der Waals surface area contributed by atoms with Gasteiger partial charge in [0.15, 0.2) is 0 Å². The molecule has 1 atom stereocenters. The molecule has 2 heterocycles. The molecule has 1 saturated heterocycles. The summed E-state index contributed by atoms with van der Waals surface area (Å²) in [4.78, 5) is 18.9. The monoisotopic (exact) mass is 344 g/mol. The molecule has 128 valence electrons. The van der Waals surface area contributed by atoms with Crippen molar-refractivity contribution in [3.8, 4) is 0 Å². The Kier molecular flexibility index (Phi) is 5.82. The molecule has 5 nitrogen and oxygen atoms in total. The second-order valence-corrected chi connectivity index (χ2v) is 7.06. The zero-order valence-electron chi connectivity index (χ0n) is 14.0. The predicted octanol–water partition coefficient (Wildman–Crippen LogP) is 3.09. The highest BCUT2D eigenvalue weighted by molar-refractivity contribution is 7.09. The lowest BCUT2D eigenvalue weighted by atomic mass is 10.1. The zero-order chi connectivity index (χ0) is 16.8. The van der Waals surface area contributed by atoms with E-state index >= 15 is 0 Å². The zero-order valence-corrected chi connectivity index (χ0v) is 14.8. The maximum absolute atomic E-state index is 12.1. The van der Waals surface area contributed by atoms with Gasteiger partial charge in [0.1, 0.15) is 5.01 Å². The Hall–Kier alpha value is -1.92. The van der Waals surface area contributed by atoms with Crippen LogP contribution in [0.5, 0.6) is 0 Å². The van der Waals surface area contributed by atoms with Crippen LogP contribution >= 0.6 is 11.3 Å². The minimum absolute atomic E-state index is 0.136. The van der Waals surface area contributed by atoms with Gasteiger partial charge in [0.05, 0.1) is 12.6 Å². The topological polar surface area (TPSA) is 57.3 Å². The molecule has 1 aliphatic rings. The third-order valence-electron chi connectivity index (χ3n) is 4.29. The molecular weight excluding hydrogens is 320 g/mol. The van der Waals surface area contributed by atoms with Crippen LogP contribution in [0.15, 0.2) is 35.7 Å². The standard InChI is InChI=1S/C18H24N4OS/c1-14-13-24-17(21-14)12-20-18(23)19-11-16(22-9-5-6-10-22)15-7-3-2-4-8-15/h2-4,7-8,13,16H,5-6,9-12H2,1H3,(H2,19,20,23)/t16-/m1/s1. The summed E-state index contributed by atoms with van der Waals surface area (Å²) in [6.45, 7) is 5.25. The first-order valence-electron chi connectivity index (χ1n) is 8.44. The maximum atomic E-state index is 12.1. The molecule has 0 bridgehead atoms. The number of amides is 2. The second kappa shape index (κ2) is 8.26. The Balaban J connectivity index is 1.54. The Bertz CT molecular complexity index is 652. The highest BCUT2D eigenvalue weighted by Crippen LogP contribution is 2.24. The molecule has 2 amide bonds. The van der Waals surface area contributed by atoms with Crippen LogP contribution in [0.4, 0.5) is 4.79 Å². The molecule has 3 rings (SSSR count). The summed E-state index contributed by atoms with van der Waals surface area (Å²) < 4.78 is 0. The van der Waals surface area contributed by atoms with Crippen molar-refractivity contribution in [2.75, 3.05) is 19.6 Å². The van der Waals surface area contributed by atoms with Crippen molar-refractivity contribution in [3.63, 3.8) is 0 Å². The quantitative estimate of drug-likeness (QED) is 0.847. The van der Waals surface area contributed by atoms with E-state index in [4.69, 9.17) is 0 Å². The molecule has 1 aromatic carbocycles. The molecule has 1 aromatic heterocycles. The molecule has 0 aliphatic carbocycles. The number of aromatic nitrogens is 1. The number of aryl methyl sites for hydroxylation is 1. The van der Waals surface area contributed by atoms with Crippen LogP contribution < -0.4 is 10.6 Å². The Morgan fingerprint density at radius 3 is 2.67 bits per heavy atom. The van der Waals surface area contributed by atoms with Crippen molar-refractivity contribution >= 4 is 17.4 Å². The van der Waals surface area contributed by atoms with Crippen LogP contribution in [0.3, 0.4) is 0 Å². The molecule has 0 saturated carbocycles. The Labute approximate surface area is 147 Å². The number of thiazole rings is 1. The van der Waals surface area contributed by atoms with Crippen molar-refractivity contribution in [1.29, 1.82) is 0 Å². The van der Waals surface area contributed by atoms with Gasteiger partial charge in [-0.3, -0.25) is 4.90 Å². The van der Waals surface area contributed by atoms with E-state index in [1.54, 1.807) is 11.3 Å². The summed E-state index contributed by atoms with van der Waals surface area (Å²) in [5.74, 6) is 0. The summed E-state index contributed by atoms with van der Waals surface area (Å²) in [5.41, 5.74) is 2.26. The van der Waals surface area contributed by atoms with E-state index in [0.717, 1.165) is 23.8 Å². The van der Waals surface area contributed by atoms with Crippen molar-refractivity contribution in [3.05, 3.63) is 52.0 Å². The van der Waals surface area contributed by atoms with Crippen molar-refractivity contribution in [2.45, 2.75) is 32.4 Å². The third-order valence-corrected chi connectivity index (χ3v) is 5.26. The fraction of sp³-hybridized carbons (Fsp3) is 0.444. The van der Waals surface area contributed by atoms with E-state index in [9.17, 15) is 4.79 Å². The lowest BCUT2D eigenvalue weighted by Gasteiger charge is -2.28. The largest absolute Gasteiger partial charge is 0.336 e. The average Bonchev–Trinajstić information content (AvgIpc) is 3.26. The van der Waals surface area contributed by atoms with Gasteiger partial charge >= 0.3 is 6.03 Å². The number of likely N-dealkylation sites (tertiary alicyclic amines) is 1. The van der Waals surface area contributed by atoms with E-state index < -0.39 is 0 Å². The van der Waals surface area contributed by atoms with E-state index in [1.807, 2.05) is 18.4 Å². The maximum Gasteiger partial charge on any atom is 0.315 e. The Morgan fingerprint density at radius 1 is 1.25 bits per heavy atom. The first-order chi connectivity index (χ1) is 11.7. The van der Waals surface area contributed by atoms with Crippen molar-refractivity contribution < 1.29 is 4.79 Å². The number of carbonyl (C=O) groups is 1. The van der Waals surface area contributed by atoms with Gasteiger partial charge in [0, 0.05) is 17.6 Å². The number of rotatable bonds is 6. The van der Waals surface area contributed by atoms with E-state index in [1.165, 1.54) is 18.4 Å². The van der Waals surface area contributed by atoms with Gasteiger partial charge in [-0.05, 0) is 38.4 Å². The number of hydrogen-bond donors (Lipinski definition) is 2. The molecule has 0 spiro atoms. The highest BCUT2D eigenvalue weighted by atomic mass is 32.1. The average molecular weight is 344 g/mol. The van der Waals surface area contributed by atoms with Crippen molar-refractivity contribution in [2.24, 2.45) is 0 Å². The number of nitrogens with zero attached hydrogens (tertiary/aromatic N) is 2. The van der Waals surface area contributed by atoms with Gasteiger partial charge in [-0.25, -0.2) is 9.78 Å². The minimum atomic E-state index is -0.136. The molecule has 2 N–H and O–H groups in total. The summed E-state index contributed by atoms with van der Waals surface area (Å²) >= 11 is 1.57. The van der Waals surface area contributed by atoms with Crippen LogP contribution in [0.25, 0.3) is 0 Å². The molecule has 0 radical (unpaired) electrons. The second-order valence-electron chi connectivity index (χ2n) is 6.12. The van der Waals surface area contributed by atoms with Crippen LogP contribution in [-0.4, -0.2) is 35.5 Å². The van der Waals surface area contributed by atoms with E-state index in [2.05, 4.69) is 44.8 Å². The molecule has 1 fully saturated rings. The summed E-state index contributed by atoms with van der Waals surface area (Å²) in [5, 5.41) is 8.84. The molecule has 2 aromatic rings. The number of hydrogen-bond acceptors (Lipinski definition) is 4. The van der Waals surface area contributed by atoms with Crippen LogP contribution in [0.2, 0.25) is 0 Å². The van der Waals surface area contributed by atoms with Crippen LogP contribution in [0, 0.1) is 6.92 Å². The molecular formula is C18H24N4OS. The fourth-order valence-electron chi connectivity index (χ4n) is 3.08. The number of urea groups is 1. The lowest BCUT2D eigenvalue weighted by Crippen LogP contribution is -2.41. The third kappa shape index (κ3) is 4.55. The fourth-order valence-corrected chi connectivity index (χ4v) is 3.79. The summed E-state index contributed by atoms with van der Waals surface area (Å²) in [6.07, 6.45) is 2.47. The van der Waals surface area contributed by atoms with Crippen LogP contribution in [-0.2, 0) is 6.54 Å². The van der Waals surface area contributed by atoms with Gasteiger partial charge in [-0.2, -0.15) is 0 Å². The lowest BCUT2D eigenvalue weighted by molar-refractivity contribution is 0.220. The molecule has 0 unspecified atom stereocenters. The first-order valence-corrected chi connectivity index (χ1v) is 9.32. The van der Waals surface area contributed by atoms with Gasteiger partial charge in [0.2, 0.25) is 0 Å². The summed E-state index contributed by atoms with van der Waals surface area (Å²) in [6, 6.07) is 10.5. The first kappa shape index (κ1) is 16.9. The molecule has 6 heteroatoms. The van der Waals surface area contributed by atoms with Crippen LogP contribution in [0.1, 0.15) is 35.1 Å². The summed E-state index contributed by atoms with van der Waals surface area (Å²) in [7, 11) is 0. The van der Waals surface area contributed by atoms with Gasteiger partial charge < -0.3 is 10.6 Å². The number of benzene rings is 1. The van der Waals surface area contributed by atoms with E-state index in [-0.39, 0.29) is 12.1 Å². The normalized spacial score (nSPS) is 16.0. The molecule has 1 aliphatic heterocycles. The van der Waals surface area contributed by atoms with Crippen molar-refractivity contribution in [1.82, 2.24) is 20.5 Å². The Morgan fingerprint density at radius 2 is 2.00 bits per heavy atom. The van der Waals surface area contributed by atoms with Gasteiger partial charge in [0.25, 0.3) is 0 Å². The van der Waals surface area contributed by atoms with Gasteiger partial charge in [-0.15, -0.1) is 11.3 Å². The minimum Gasteiger partial charge on any atom is -0.336 e. The highest BCUT2D eigenvalue weighted by Gasteiger charge is 2.23. The molecule has 24 heavy (non-hydrogen) atoms. The number of carbonyl (C=O) groups excluding carboxylic acids is 1. The SMILES string of the molecule is Cc1csc(CNC(=O)NC[C@H](c2ccccc2)N2CCCC2)n1.